The fraction of sp³-hybridized carbons (Fsp3) is 0.333. The number of methoxy groups -OCH3 is 2. The van der Waals surface area contributed by atoms with Gasteiger partial charge in [-0.3, -0.25) is 9.59 Å². The second-order valence-electron chi connectivity index (χ2n) is 6.39. The van der Waals surface area contributed by atoms with Crippen LogP contribution in [-0.2, 0) is 31.9 Å². The smallest absolute Gasteiger partial charge is 0.305 e. The van der Waals surface area contributed by atoms with Gasteiger partial charge in [-0.2, -0.15) is 0 Å². The molecule has 0 bridgehead atoms. The first-order valence-corrected chi connectivity index (χ1v) is 10.4. The predicted octanol–water partition coefficient (Wildman–Crippen LogP) is 5.13. The molecule has 0 aromatic heterocycles. The van der Waals surface area contributed by atoms with E-state index in [-0.39, 0.29) is 16.8 Å². The Morgan fingerprint density at radius 1 is 1.00 bits per heavy atom. The van der Waals surface area contributed by atoms with Crippen LogP contribution >= 0.6 is 31.9 Å². The number of benzene rings is 2. The molecule has 0 amide bonds. The van der Waals surface area contributed by atoms with Gasteiger partial charge in [-0.05, 0) is 46.2 Å². The molecule has 1 atom stereocenters. The lowest BCUT2D eigenvalue weighted by molar-refractivity contribution is -0.141. The molecule has 0 saturated heterocycles. The van der Waals surface area contributed by atoms with Crippen molar-refractivity contribution in [2.24, 2.45) is 0 Å². The van der Waals surface area contributed by atoms with Gasteiger partial charge in [-0.1, -0.05) is 62.2 Å². The van der Waals surface area contributed by atoms with Crippen LogP contribution in [0.5, 0.6) is 0 Å². The van der Waals surface area contributed by atoms with Crippen LogP contribution in [0.2, 0.25) is 0 Å². The molecule has 0 spiro atoms. The Bertz CT molecular complexity index is 892. The van der Waals surface area contributed by atoms with Crippen molar-refractivity contribution in [3.63, 3.8) is 0 Å². The van der Waals surface area contributed by atoms with E-state index in [1.807, 2.05) is 12.1 Å². The number of alkyl halides is 1. The van der Waals surface area contributed by atoms with Crippen molar-refractivity contribution < 1.29 is 19.1 Å². The standard InChI is InChI=1S/C21H20Br2O4/c1-26-17(24)9-7-12-11-16-14-5-3-4-6-15(14)21(23)19(16)20(22)13(12)8-10-18(25)27-2/h3-6,11,21H,7-10H2,1-2H3. The summed E-state index contributed by atoms with van der Waals surface area (Å²) >= 11 is 7.60. The lowest BCUT2D eigenvalue weighted by Gasteiger charge is -2.17. The molecule has 0 fully saturated rings. The monoisotopic (exact) mass is 494 g/mol. The molecule has 0 N–H and O–H groups in total. The second kappa shape index (κ2) is 8.57. The summed E-state index contributed by atoms with van der Waals surface area (Å²) in [6.45, 7) is 0. The Hall–Kier alpha value is -1.66. The zero-order valence-corrected chi connectivity index (χ0v) is 18.4. The maximum atomic E-state index is 11.7. The van der Waals surface area contributed by atoms with Crippen molar-refractivity contribution in [1.82, 2.24) is 0 Å². The quantitative estimate of drug-likeness (QED) is 0.412. The summed E-state index contributed by atoms with van der Waals surface area (Å²) in [4.78, 5) is 23.4. The Morgan fingerprint density at radius 2 is 1.63 bits per heavy atom. The summed E-state index contributed by atoms with van der Waals surface area (Å²) in [6, 6.07) is 10.4. The zero-order valence-electron chi connectivity index (χ0n) is 15.2. The first-order valence-electron chi connectivity index (χ1n) is 8.69. The molecule has 2 aromatic carbocycles. The number of carbonyl (C=O) groups excluding carboxylic acids is 2. The number of aryl methyl sites for hydroxylation is 1. The second-order valence-corrected chi connectivity index (χ2v) is 8.10. The van der Waals surface area contributed by atoms with Gasteiger partial charge < -0.3 is 9.47 Å². The molecule has 2 aromatic rings. The fourth-order valence-corrected chi connectivity index (χ4v) is 5.59. The average molecular weight is 496 g/mol. The van der Waals surface area contributed by atoms with Crippen molar-refractivity contribution in [2.45, 2.75) is 30.5 Å². The van der Waals surface area contributed by atoms with E-state index >= 15 is 0 Å². The van der Waals surface area contributed by atoms with Crippen molar-refractivity contribution in [1.29, 1.82) is 0 Å². The van der Waals surface area contributed by atoms with E-state index in [0.29, 0.717) is 25.7 Å². The minimum Gasteiger partial charge on any atom is -0.469 e. The fourth-order valence-electron chi connectivity index (χ4n) is 3.51. The van der Waals surface area contributed by atoms with Crippen molar-refractivity contribution in [3.8, 4) is 11.1 Å². The van der Waals surface area contributed by atoms with E-state index < -0.39 is 0 Å². The molecule has 1 aliphatic carbocycles. The van der Waals surface area contributed by atoms with Crippen LogP contribution in [0.1, 0.15) is 39.9 Å². The highest BCUT2D eigenvalue weighted by Crippen LogP contribution is 2.52. The Morgan fingerprint density at radius 3 is 2.30 bits per heavy atom. The maximum absolute atomic E-state index is 11.7. The molecule has 0 radical (unpaired) electrons. The summed E-state index contributed by atoms with van der Waals surface area (Å²) in [5, 5.41) is 0. The topological polar surface area (TPSA) is 52.6 Å². The first kappa shape index (κ1) is 20.1. The summed E-state index contributed by atoms with van der Waals surface area (Å²) in [5.41, 5.74) is 6.82. The van der Waals surface area contributed by atoms with Crippen LogP contribution in [0.4, 0.5) is 0 Å². The van der Waals surface area contributed by atoms with Crippen LogP contribution < -0.4 is 0 Å². The van der Waals surface area contributed by atoms with Crippen LogP contribution in [0.15, 0.2) is 34.8 Å². The van der Waals surface area contributed by atoms with E-state index in [2.05, 4.69) is 50.1 Å². The molecule has 1 aliphatic rings. The molecule has 6 heteroatoms. The summed E-state index contributed by atoms with van der Waals surface area (Å²) < 4.78 is 10.6. The van der Waals surface area contributed by atoms with Crippen LogP contribution in [0, 0.1) is 0 Å². The highest BCUT2D eigenvalue weighted by molar-refractivity contribution is 9.11. The number of hydrogen-bond acceptors (Lipinski definition) is 4. The summed E-state index contributed by atoms with van der Waals surface area (Å²) in [6.07, 6.45) is 1.70. The number of rotatable bonds is 6. The highest BCUT2D eigenvalue weighted by atomic mass is 79.9. The van der Waals surface area contributed by atoms with Gasteiger partial charge in [0.05, 0.1) is 19.0 Å². The minimum absolute atomic E-state index is 0.0876. The van der Waals surface area contributed by atoms with Crippen molar-refractivity contribution >= 4 is 43.8 Å². The van der Waals surface area contributed by atoms with Crippen LogP contribution in [0.25, 0.3) is 11.1 Å². The lowest BCUT2D eigenvalue weighted by atomic mass is 9.93. The molecular weight excluding hydrogens is 476 g/mol. The molecule has 4 nitrogen and oxygen atoms in total. The van der Waals surface area contributed by atoms with Gasteiger partial charge >= 0.3 is 11.9 Å². The Labute approximate surface area is 175 Å². The number of halogens is 2. The number of hydrogen-bond donors (Lipinski definition) is 0. The van der Waals surface area contributed by atoms with Gasteiger partial charge in [0, 0.05) is 17.3 Å². The van der Waals surface area contributed by atoms with E-state index in [1.54, 1.807) is 0 Å². The van der Waals surface area contributed by atoms with E-state index in [1.165, 1.54) is 25.3 Å². The molecule has 27 heavy (non-hydrogen) atoms. The third kappa shape index (κ3) is 3.97. The summed E-state index contributed by atoms with van der Waals surface area (Å²) in [7, 11) is 2.79. The van der Waals surface area contributed by atoms with Gasteiger partial charge in [0.1, 0.15) is 0 Å². The molecular formula is C21H20Br2O4. The number of esters is 2. The number of fused-ring (bicyclic) bond motifs is 3. The van der Waals surface area contributed by atoms with E-state index in [9.17, 15) is 9.59 Å². The normalized spacial score (nSPS) is 14.4. The van der Waals surface area contributed by atoms with Gasteiger partial charge in [-0.25, -0.2) is 0 Å². The number of ether oxygens (including phenoxy) is 2. The minimum atomic E-state index is -0.250. The Balaban J connectivity index is 2.06. The van der Waals surface area contributed by atoms with Crippen LogP contribution in [0.3, 0.4) is 0 Å². The maximum Gasteiger partial charge on any atom is 0.305 e. The Kier molecular flexibility index (Phi) is 6.37. The third-order valence-corrected chi connectivity index (χ3v) is 6.77. The first-order chi connectivity index (χ1) is 13.0. The molecule has 142 valence electrons. The van der Waals surface area contributed by atoms with Crippen LogP contribution in [-0.4, -0.2) is 26.2 Å². The zero-order chi connectivity index (χ0) is 19.6. The van der Waals surface area contributed by atoms with Gasteiger partial charge in [0.2, 0.25) is 0 Å². The molecule has 0 saturated carbocycles. The third-order valence-electron chi connectivity index (χ3n) is 4.91. The van der Waals surface area contributed by atoms with Gasteiger partial charge in [-0.15, -0.1) is 0 Å². The largest absolute Gasteiger partial charge is 0.469 e. The lowest BCUT2D eigenvalue weighted by Crippen LogP contribution is -2.08. The molecule has 3 rings (SSSR count). The molecule has 1 unspecified atom stereocenters. The van der Waals surface area contributed by atoms with E-state index in [4.69, 9.17) is 9.47 Å². The average Bonchev–Trinajstić information content (AvgIpc) is 2.97. The highest BCUT2D eigenvalue weighted by Gasteiger charge is 2.31. The molecule has 0 heterocycles. The van der Waals surface area contributed by atoms with Gasteiger partial charge in [0.25, 0.3) is 0 Å². The van der Waals surface area contributed by atoms with Crippen molar-refractivity contribution in [2.75, 3.05) is 14.2 Å². The number of carbonyl (C=O) groups is 2. The summed E-state index contributed by atoms with van der Waals surface area (Å²) in [5.74, 6) is -0.496. The van der Waals surface area contributed by atoms with E-state index in [0.717, 1.165) is 26.7 Å². The van der Waals surface area contributed by atoms with Crippen molar-refractivity contribution in [3.05, 3.63) is 57.1 Å². The predicted molar refractivity (Wildman–Crippen MR) is 111 cm³/mol. The van der Waals surface area contributed by atoms with Gasteiger partial charge in [0.15, 0.2) is 0 Å². The molecule has 0 aliphatic heterocycles. The SMILES string of the molecule is COC(=O)CCc1cc2c(c(Br)c1CCC(=O)OC)C(Br)c1ccccc1-2.